The summed E-state index contributed by atoms with van der Waals surface area (Å²) in [6, 6.07) is 11.3. The molecule has 2 amide bonds. The van der Waals surface area contributed by atoms with Crippen LogP contribution in [0.3, 0.4) is 0 Å². The Labute approximate surface area is 158 Å². The van der Waals surface area contributed by atoms with E-state index in [0.717, 1.165) is 17.8 Å². The number of phenols is 2. The Morgan fingerprint density at radius 3 is 2.67 bits per heavy atom. The summed E-state index contributed by atoms with van der Waals surface area (Å²) in [6.45, 7) is 0.484. The van der Waals surface area contributed by atoms with Crippen molar-refractivity contribution in [3.63, 3.8) is 0 Å². The van der Waals surface area contributed by atoms with Gasteiger partial charge < -0.3 is 20.4 Å². The molecule has 0 bridgehead atoms. The van der Waals surface area contributed by atoms with Crippen molar-refractivity contribution in [2.24, 2.45) is 0 Å². The van der Waals surface area contributed by atoms with Gasteiger partial charge in [-0.15, -0.1) is 11.3 Å². The van der Waals surface area contributed by atoms with Crippen molar-refractivity contribution in [3.05, 3.63) is 47.5 Å². The van der Waals surface area contributed by atoms with Crippen LogP contribution >= 0.6 is 11.3 Å². The van der Waals surface area contributed by atoms with Crippen molar-refractivity contribution in [3.8, 4) is 11.5 Å². The summed E-state index contributed by atoms with van der Waals surface area (Å²) < 4.78 is 0.595. The number of fused-ring (bicyclic) bond motifs is 1. The molecule has 1 aromatic heterocycles. The Hall–Kier alpha value is -3.13. The van der Waals surface area contributed by atoms with Gasteiger partial charge in [0.25, 0.3) is 5.91 Å². The van der Waals surface area contributed by atoms with Crippen LogP contribution in [0.1, 0.15) is 22.6 Å². The summed E-state index contributed by atoms with van der Waals surface area (Å²) in [4.78, 5) is 31.4. The number of hydrogen-bond acceptors (Lipinski definition) is 6. The van der Waals surface area contributed by atoms with Gasteiger partial charge in [-0.25, -0.2) is 4.98 Å². The first-order valence-electron chi connectivity index (χ1n) is 8.52. The van der Waals surface area contributed by atoms with Crippen molar-refractivity contribution in [1.29, 1.82) is 0 Å². The number of amides is 2. The van der Waals surface area contributed by atoms with Gasteiger partial charge in [0.05, 0.1) is 10.2 Å². The molecule has 0 radical (unpaired) electrons. The molecule has 0 aliphatic carbocycles. The molecular weight excluding hydrogens is 366 g/mol. The highest BCUT2D eigenvalue weighted by atomic mass is 32.1. The van der Waals surface area contributed by atoms with E-state index in [-0.39, 0.29) is 28.3 Å². The van der Waals surface area contributed by atoms with E-state index in [4.69, 9.17) is 0 Å². The van der Waals surface area contributed by atoms with Crippen LogP contribution in [0.4, 0.5) is 5.69 Å². The second-order valence-electron chi connectivity index (χ2n) is 6.34. The Balaban J connectivity index is 1.56. The van der Waals surface area contributed by atoms with E-state index in [1.165, 1.54) is 17.0 Å². The van der Waals surface area contributed by atoms with E-state index in [2.05, 4.69) is 10.3 Å². The predicted octanol–water partition coefficient (Wildman–Crippen LogP) is 2.95. The van der Waals surface area contributed by atoms with Crippen molar-refractivity contribution < 1.29 is 19.8 Å². The van der Waals surface area contributed by atoms with Crippen LogP contribution in [0, 0.1) is 0 Å². The number of carbonyl (C=O) groups is 2. The Morgan fingerprint density at radius 1 is 1.15 bits per heavy atom. The minimum atomic E-state index is -0.550. The summed E-state index contributed by atoms with van der Waals surface area (Å²) in [5.74, 6) is -1.08. The number of aromatic hydroxyl groups is 2. The van der Waals surface area contributed by atoms with E-state index >= 15 is 0 Å². The van der Waals surface area contributed by atoms with Crippen LogP contribution in [0.15, 0.2) is 42.5 Å². The fraction of sp³-hybridized carbons (Fsp3) is 0.211. The molecule has 3 aromatic rings. The van der Waals surface area contributed by atoms with Crippen LogP contribution in [0.5, 0.6) is 11.5 Å². The summed E-state index contributed by atoms with van der Waals surface area (Å²) in [6.07, 6.45) is 1.34. The number of nitrogens with zero attached hydrogens (tertiary/aromatic N) is 2. The lowest BCUT2D eigenvalue weighted by atomic mass is 10.2. The van der Waals surface area contributed by atoms with Gasteiger partial charge in [-0.05, 0) is 25.0 Å². The second kappa shape index (κ2) is 6.88. The fourth-order valence-corrected chi connectivity index (χ4v) is 4.13. The maximum absolute atomic E-state index is 12.9. The zero-order chi connectivity index (χ0) is 19.0. The van der Waals surface area contributed by atoms with Crippen LogP contribution in [-0.4, -0.2) is 44.5 Å². The first-order valence-corrected chi connectivity index (χ1v) is 9.34. The molecule has 0 spiro atoms. The quantitative estimate of drug-likeness (QED) is 0.604. The molecule has 2 heterocycles. The lowest BCUT2D eigenvalue weighted by Gasteiger charge is -2.23. The summed E-state index contributed by atoms with van der Waals surface area (Å²) in [7, 11) is 0. The summed E-state index contributed by atoms with van der Waals surface area (Å²) in [5.41, 5.74) is 1.12. The molecule has 1 saturated heterocycles. The molecule has 1 aliphatic heterocycles. The number of hydrogen-bond donors (Lipinski definition) is 3. The number of thiazole rings is 1. The Bertz CT molecular complexity index is 979. The number of phenolic OH excluding ortho intramolecular Hbond substituents is 2. The van der Waals surface area contributed by atoms with E-state index in [1.54, 1.807) is 12.1 Å². The third kappa shape index (κ3) is 3.31. The lowest BCUT2D eigenvalue weighted by Crippen LogP contribution is -2.43. The summed E-state index contributed by atoms with van der Waals surface area (Å²) >= 11 is 1.13. The molecule has 0 unspecified atom stereocenters. The molecule has 0 saturated carbocycles. The average molecular weight is 383 g/mol. The molecule has 1 atom stereocenters. The van der Waals surface area contributed by atoms with E-state index in [0.29, 0.717) is 28.9 Å². The van der Waals surface area contributed by atoms with Gasteiger partial charge in [0.1, 0.15) is 6.04 Å². The fourth-order valence-electron chi connectivity index (χ4n) is 3.20. The number of likely N-dealkylation sites (tertiary alicyclic amines) is 1. The van der Waals surface area contributed by atoms with Crippen molar-refractivity contribution in [2.75, 3.05) is 11.9 Å². The SMILES string of the molecule is O=C(Nc1ccccc1)[C@@H]1CCCN1C(=O)c1nc2cc(O)c(O)cc2s1. The number of rotatable bonds is 3. The normalized spacial score (nSPS) is 16.6. The minimum Gasteiger partial charge on any atom is -0.504 e. The third-order valence-corrected chi connectivity index (χ3v) is 5.53. The number of benzene rings is 2. The number of para-hydroxylation sites is 1. The molecule has 7 nitrogen and oxygen atoms in total. The van der Waals surface area contributed by atoms with Crippen LogP contribution in [0.2, 0.25) is 0 Å². The van der Waals surface area contributed by atoms with Crippen molar-refractivity contribution in [1.82, 2.24) is 9.88 Å². The highest BCUT2D eigenvalue weighted by Gasteiger charge is 2.35. The highest BCUT2D eigenvalue weighted by molar-refractivity contribution is 7.20. The summed E-state index contributed by atoms with van der Waals surface area (Å²) in [5, 5.41) is 22.3. The lowest BCUT2D eigenvalue weighted by molar-refractivity contribution is -0.119. The van der Waals surface area contributed by atoms with Gasteiger partial charge in [-0.2, -0.15) is 0 Å². The van der Waals surface area contributed by atoms with E-state index in [9.17, 15) is 19.8 Å². The number of anilines is 1. The first-order chi connectivity index (χ1) is 13.0. The van der Waals surface area contributed by atoms with Crippen molar-refractivity contribution >= 4 is 39.1 Å². The number of nitrogens with one attached hydrogen (secondary N) is 1. The molecule has 4 rings (SSSR count). The van der Waals surface area contributed by atoms with Crippen LogP contribution < -0.4 is 5.32 Å². The first kappa shape index (κ1) is 17.3. The van der Waals surface area contributed by atoms with Gasteiger partial charge in [-0.3, -0.25) is 9.59 Å². The van der Waals surface area contributed by atoms with Crippen LogP contribution in [0.25, 0.3) is 10.2 Å². The third-order valence-electron chi connectivity index (χ3n) is 4.53. The predicted molar refractivity (Wildman–Crippen MR) is 102 cm³/mol. The minimum absolute atomic E-state index is 0.219. The average Bonchev–Trinajstić information content (AvgIpc) is 3.29. The molecule has 1 fully saturated rings. The maximum atomic E-state index is 12.9. The van der Waals surface area contributed by atoms with E-state index < -0.39 is 6.04 Å². The van der Waals surface area contributed by atoms with Gasteiger partial charge in [0.15, 0.2) is 16.5 Å². The maximum Gasteiger partial charge on any atom is 0.283 e. The van der Waals surface area contributed by atoms with Gasteiger partial charge in [0.2, 0.25) is 5.91 Å². The smallest absolute Gasteiger partial charge is 0.283 e. The van der Waals surface area contributed by atoms with Gasteiger partial charge >= 0.3 is 0 Å². The number of aromatic nitrogens is 1. The molecule has 2 aromatic carbocycles. The van der Waals surface area contributed by atoms with E-state index in [1.807, 2.05) is 18.2 Å². The van der Waals surface area contributed by atoms with Gasteiger partial charge in [0, 0.05) is 24.4 Å². The second-order valence-corrected chi connectivity index (χ2v) is 7.37. The molecule has 8 heteroatoms. The highest BCUT2D eigenvalue weighted by Crippen LogP contribution is 2.34. The molecular formula is C19H17N3O4S. The Morgan fingerprint density at radius 2 is 1.89 bits per heavy atom. The van der Waals surface area contributed by atoms with Gasteiger partial charge in [-0.1, -0.05) is 18.2 Å². The molecule has 27 heavy (non-hydrogen) atoms. The molecule has 3 N–H and O–H groups in total. The topological polar surface area (TPSA) is 103 Å². The largest absolute Gasteiger partial charge is 0.504 e. The Kier molecular flexibility index (Phi) is 4.41. The van der Waals surface area contributed by atoms with Crippen LogP contribution in [-0.2, 0) is 4.79 Å². The molecule has 1 aliphatic rings. The molecule has 138 valence electrons. The zero-order valence-corrected chi connectivity index (χ0v) is 15.1. The zero-order valence-electron chi connectivity index (χ0n) is 14.3. The van der Waals surface area contributed by atoms with Crippen molar-refractivity contribution in [2.45, 2.75) is 18.9 Å². The monoisotopic (exact) mass is 383 g/mol. The number of carbonyl (C=O) groups excluding carboxylic acids is 2. The standard InChI is InChI=1S/C19H17N3O4S/c23-14-9-12-16(10-15(14)24)27-18(21-12)19(26)22-8-4-7-13(22)17(25)20-11-5-2-1-3-6-11/h1-3,5-6,9-10,13,23-24H,4,7-8H2,(H,20,25)/t13-/m0/s1.